The van der Waals surface area contributed by atoms with E-state index in [1.165, 1.54) is 30.7 Å². The summed E-state index contributed by atoms with van der Waals surface area (Å²) in [7, 11) is -2.60. The highest BCUT2D eigenvalue weighted by atomic mass is 32.2. The van der Waals surface area contributed by atoms with E-state index in [0.29, 0.717) is 6.42 Å². The lowest BCUT2D eigenvalue weighted by Gasteiger charge is -2.07. The topological polar surface area (TPSA) is 72.5 Å². The summed E-state index contributed by atoms with van der Waals surface area (Å²) in [5.41, 5.74) is 0.808. The van der Waals surface area contributed by atoms with Crippen LogP contribution in [0.2, 0.25) is 0 Å². The first-order chi connectivity index (χ1) is 10.4. The van der Waals surface area contributed by atoms with Gasteiger partial charge >= 0.3 is 5.97 Å². The molecular formula is C14H14FNO4S2. The molecule has 5 nitrogen and oxygen atoms in total. The van der Waals surface area contributed by atoms with Crippen LogP contribution in [0, 0.1) is 5.82 Å². The number of rotatable bonds is 6. The second-order valence-electron chi connectivity index (χ2n) is 4.38. The van der Waals surface area contributed by atoms with Crippen LogP contribution in [0.3, 0.4) is 0 Å². The Morgan fingerprint density at radius 3 is 2.59 bits per heavy atom. The van der Waals surface area contributed by atoms with Gasteiger partial charge in [0.05, 0.1) is 7.11 Å². The van der Waals surface area contributed by atoms with Crippen LogP contribution >= 0.6 is 11.3 Å². The van der Waals surface area contributed by atoms with Gasteiger partial charge in [0.15, 0.2) is 0 Å². The third-order valence-corrected chi connectivity index (χ3v) is 5.44. The van der Waals surface area contributed by atoms with Crippen LogP contribution < -0.4 is 4.72 Å². The Labute approximate surface area is 131 Å². The maximum Gasteiger partial charge on any atom is 0.349 e. The predicted molar refractivity (Wildman–Crippen MR) is 81.0 cm³/mol. The molecule has 0 atom stereocenters. The molecule has 0 aliphatic heterocycles. The van der Waals surface area contributed by atoms with Gasteiger partial charge in [-0.3, -0.25) is 0 Å². The number of ether oxygens (including phenoxy) is 1. The fraction of sp³-hybridized carbons (Fsp3) is 0.214. The van der Waals surface area contributed by atoms with Crippen LogP contribution in [-0.2, 0) is 21.2 Å². The van der Waals surface area contributed by atoms with Crippen molar-refractivity contribution in [1.82, 2.24) is 4.72 Å². The fourth-order valence-electron chi connectivity index (χ4n) is 1.81. The Kier molecular flexibility index (Phi) is 5.28. The molecule has 0 saturated carbocycles. The van der Waals surface area contributed by atoms with E-state index < -0.39 is 16.0 Å². The number of methoxy groups -OCH3 is 1. The van der Waals surface area contributed by atoms with Gasteiger partial charge in [0, 0.05) is 6.54 Å². The predicted octanol–water partition coefficient (Wildman–Crippen LogP) is 2.19. The summed E-state index contributed by atoms with van der Waals surface area (Å²) in [4.78, 5) is 11.5. The van der Waals surface area contributed by atoms with Crippen LogP contribution in [0.4, 0.5) is 4.39 Å². The molecule has 8 heteroatoms. The lowest BCUT2D eigenvalue weighted by molar-refractivity contribution is 0.0602. The molecule has 0 radical (unpaired) electrons. The molecule has 2 rings (SSSR count). The molecule has 1 heterocycles. The standard InChI is InChI=1S/C14H14FNO4S2/c1-20-14(17)13-12(7-9-21-13)22(18,19)16-8-6-10-2-4-11(15)5-3-10/h2-5,7,9,16H,6,8H2,1H3. The molecule has 0 unspecified atom stereocenters. The van der Waals surface area contributed by atoms with E-state index in [-0.39, 0.29) is 22.1 Å². The molecule has 0 spiro atoms. The Morgan fingerprint density at radius 2 is 1.95 bits per heavy atom. The van der Waals surface area contributed by atoms with Gasteiger partial charge in [0.1, 0.15) is 15.6 Å². The van der Waals surface area contributed by atoms with E-state index >= 15 is 0 Å². The van der Waals surface area contributed by atoms with Gasteiger partial charge in [-0.25, -0.2) is 22.3 Å². The molecule has 0 saturated heterocycles. The first-order valence-corrected chi connectivity index (χ1v) is 8.70. The van der Waals surface area contributed by atoms with E-state index in [1.807, 2.05) is 0 Å². The van der Waals surface area contributed by atoms with Gasteiger partial charge in [-0.1, -0.05) is 12.1 Å². The average molecular weight is 343 g/mol. The van der Waals surface area contributed by atoms with E-state index in [9.17, 15) is 17.6 Å². The minimum Gasteiger partial charge on any atom is -0.465 e. The molecular weight excluding hydrogens is 329 g/mol. The van der Waals surface area contributed by atoms with Gasteiger partial charge in [-0.15, -0.1) is 11.3 Å². The lowest BCUT2D eigenvalue weighted by atomic mass is 10.1. The number of hydrogen-bond acceptors (Lipinski definition) is 5. The minimum atomic E-state index is -3.80. The summed E-state index contributed by atoms with van der Waals surface area (Å²) in [6.45, 7) is 0.143. The number of halogens is 1. The molecule has 0 fully saturated rings. The minimum absolute atomic E-state index is 0.0387. The summed E-state index contributed by atoms with van der Waals surface area (Å²) in [6, 6.07) is 7.18. The Morgan fingerprint density at radius 1 is 1.27 bits per heavy atom. The first kappa shape index (κ1) is 16.6. The highest BCUT2D eigenvalue weighted by molar-refractivity contribution is 7.89. The highest BCUT2D eigenvalue weighted by Gasteiger charge is 2.24. The normalized spacial score (nSPS) is 11.4. The van der Waals surface area contributed by atoms with Crippen LogP contribution in [-0.4, -0.2) is 28.0 Å². The monoisotopic (exact) mass is 343 g/mol. The summed E-state index contributed by atoms with van der Waals surface area (Å²) in [6.07, 6.45) is 0.414. The van der Waals surface area contributed by atoms with Crippen LogP contribution in [0.5, 0.6) is 0 Å². The number of hydrogen-bond donors (Lipinski definition) is 1. The third-order valence-electron chi connectivity index (χ3n) is 2.91. The highest BCUT2D eigenvalue weighted by Crippen LogP contribution is 2.22. The number of benzene rings is 1. The second kappa shape index (κ2) is 6.99. The quantitative estimate of drug-likeness (QED) is 0.816. The molecule has 1 N–H and O–H groups in total. The van der Waals surface area contributed by atoms with Crippen molar-refractivity contribution in [2.75, 3.05) is 13.7 Å². The Hall–Kier alpha value is -1.77. The lowest BCUT2D eigenvalue weighted by Crippen LogP contribution is -2.27. The summed E-state index contributed by atoms with van der Waals surface area (Å²) < 4.78 is 44.2. The van der Waals surface area contributed by atoms with Gasteiger partial charge < -0.3 is 4.74 Å². The van der Waals surface area contributed by atoms with Gasteiger partial charge in [0.2, 0.25) is 10.0 Å². The molecule has 1 aromatic heterocycles. The van der Waals surface area contributed by atoms with Crippen LogP contribution in [0.1, 0.15) is 15.2 Å². The molecule has 118 valence electrons. The van der Waals surface area contributed by atoms with Gasteiger partial charge in [0.25, 0.3) is 0 Å². The van der Waals surface area contributed by atoms with E-state index in [4.69, 9.17) is 0 Å². The largest absolute Gasteiger partial charge is 0.465 e. The fourth-order valence-corrected chi connectivity index (χ4v) is 4.17. The van der Waals surface area contributed by atoms with Crippen molar-refractivity contribution in [2.24, 2.45) is 0 Å². The Balaban J connectivity index is 2.04. The SMILES string of the molecule is COC(=O)c1sccc1S(=O)(=O)NCCc1ccc(F)cc1. The molecule has 0 bridgehead atoms. The Bertz CT molecular complexity index is 753. The van der Waals surface area contributed by atoms with Crippen molar-refractivity contribution in [3.8, 4) is 0 Å². The molecule has 0 amide bonds. The average Bonchev–Trinajstić information content (AvgIpc) is 2.99. The second-order valence-corrected chi connectivity index (χ2v) is 7.03. The smallest absolute Gasteiger partial charge is 0.349 e. The third kappa shape index (κ3) is 3.90. The van der Waals surface area contributed by atoms with E-state index in [0.717, 1.165) is 16.9 Å². The molecule has 2 aromatic rings. The number of esters is 1. The number of nitrogens with one attached hydrogen (secondary N) is 1. The maximum atomic E-state index is 12.8. The molecule has 0 aliphatic carbocycles. The molecule has 0 aliphatic rings. The van der Waals surface area contributed by atoms with Crippen LogP contribution in [0.25, 0.3) is 0 Å². The first-order valence-electron chi connectivity index (χ1n) is 6.34. The van der Waals surface area contributed by atoms with Gasteiger partial charge in [-0.05, 0) is 35.6 Å². The van der Waals surface area contributed by atoms with Gasteiger partial charge in [-0.2, -0.15) is 0 Å². The zero-order chi connectivity index (χ0) is 16.2. The number of sulfonamides is 1. The van der Waals surface area contributed by atoms with Crippen molar-refractivity contribution in [3.05, 3.63) is 52.0 Å². The zero-order valence-electron chi connectivity index (χ0n) is 11.7. The summed E-state index contributed by atoms with van der Waals surface area (Å²) >= 11 is 1.01. The molecule has 22 heavy (non-hydrogen) atoms. The van der Waals surface area contributed by atoms with Crippen molar-refractivity contribution < 1.29 is 22.3 Å². The van der Waals surface area contributed by atoms with Crippen molar-refractivity contribution >= 4 is 27.3 Å². The maximum absolute atomic E-state index is 12.8. The zero-order valence-corrected chi connectivity index (χ0v) is 13.3. The van der Waals surface area contributed by atoms with Crippen LogP contribution in [0.15, 0.2) is 40.6 Å². The number of thiophene rings is 1. The summed E-state index contributed by atoms with van der Waals surface area (Å²) in [5.74, 6) is -1.03. The van der Waals surface area contributed by atoms with E-state index in [2.05, 4.69) is 9.46 Å². The number of carbonyl (C=O) groups excluding carboxylic acids is 1. The van der Waals surface area contributed by atoms with E-state index in [1.54, 1.807) is 12.1 Å². The van der Waals surface area contributed by atoms with Crippen molar-refractivity contribution in [1.29, 1.82) is 0 Å². The number of carbonyl (C=O) groups is 1. The van der Waals surface area contributed by atoms with Crippen molar-refractivity contribution in [3.63, 3.8) is 0 Å². The molecule has 1 aromatic carbocycles. The summed E-state index contributed by atoms with van der Waals surface area (Å²) in [5, 5.41) is 1.51. The van der Waals surface area contributed by atoms with Crippen molar-refractivity contribution in [2.45, 2.75) is 11.3 Å².